The topological polar surface area (TPSA) is 97.2 Å². The number of rotatable bonds is 6. The second-order valence-corrected chi connectivity index (χ2v) is 10.4. The normalized spacial score (nSPS) is 17.3. The van der Waals surface area contributed by atoms with Crippen LogP contribution in [0.25, 0.3) is 5.82 Å². The molecule has 3 aromatic rings. The van der Waals surface area contributed by atoms with E-state index < -0.39 is 16.1 Å². The number of sulfonamides is 1. The summed E-state index contributed by atoms with van der Waals surface area (Å²) >= 11 is 1.17. The predicted molar refractivity (Wildman–Crippen MR) is 114 cm³/mol. The number of hydrogen-bond donors (Lipinski definition) is 1. The van der Waals surface area contributed by atoms with Crippen molar-refractivity contribution < 1.29 is 13.2 Å². The Morgan fingerprint density at radius 1 is 1.30 bits per heavy atom. The Hall–Kier alpha value is -2.56. The number of carbonyl (C=O) groups is 1. The fourth-order valence-corrected chi connectivity index (χ4v) is 6.41. The van der Waals surface area contributed by atoms with Crippen LogP contribution >= 0.6 is 11.3 Å². The standard InChI is InChI=1S/C20H23N5O3S2/c1-14-11-15(2)25(23-14)18-8-7-16(12-21-18)13-22-20(26)17-5-3-9-24(17)30(27,28)19-6-4-10-29-19/h4,6-8,10-12,17H,3,5,9,13H2,1-2H3,(H,22,26). The minimum absolute atomic E-state index is 0.270. The molecule has 158 valence electrons. The van der Waals surface area contributed by atoms with E-state index in [0.29, 0.717) is 25.2 Å². The molecular weight excluding hydrogens is 422 g/mol. The van der Waals surface area contributed by atoms with Gasteiger partial charge in [0.25, 0.3) is 10.0 Å². The largest absolute Gasteiger partial charge is 0.351 e. The first-order valence-corrected chi connectivity index (χ1v) is 12.0. The molecule has 4 rings (SSSR count). The second-order valence-electron chi connectivity index (χ2n) is 7.29. The van der Waals surface area contributed by atoms with E-state index >= 15 is 0 Å². The summed E-state index contributed by atoms with van der Waals surface area (Å²) in [6, 6.07) is 8.30. The maximum Gasteiger partial charge on any atom is 0.253 e. The molecule has 1 atom stereocenters. The van der Waals surface area contributed by atoms with Gasteiger partial charge in [0, 0.05) is 25.0 Å². The quantitative estimate of drug-likeness (QED) is 0.628. The average molecular weight is 446 g/mol. The van der Waals surface area contributed by atoms with Crippen molar-refractivity contribution in [2.24, 2.45) is 0 Å². The zero-order valence-corrected chi connectivity index (χ0v) is 18.4. The zero-order valence-electron chi connectivity index (χ0n) is 16.8. The van der Waals surface area contributed by atoms with Crippen molar-refractivity contribution in [3.63, 3.8) is 0 Å². The lowest BCUT2D eigenvalue weighted by Gasteiger charge is -2.22. The van der Waals surface area contributed by atoms with Crippen LogP contribution in [-0.4, -0.2) is 46.0 Å². The van der Waals surface area contributed by atoms with E-state index in [1.54, 1.807) is 28.4 Å². The number of hydrogen-bond acceptors (Lipinski definition) is 6. The zero-order chi connectivity index (χ0) is 21.3. The molecule has 10 heteroatoms. The molecule has 1 unspecified atom stereocenters. The summed E-state index contributed by atoms with van der Waals surface area (Å²) in [6.07, 6.45) is 2.88. The van der Waals surface area contributed by atoms with Gasteiger partial charge >= 0.3 is 0 Å². The molecule has 0 saturated carbocycles. The molecule has 0 radical (unpaired) electrons. The third-order valence-corrected chi connectivity index (χ3v) is 8.35. The number of thiophene rings is 1. The van der Waals surface area contributed by atoms with Gasteiger partial charge in [-0.1, -0.05) is 12.1 Å². The first-order chi connectivity index (χ1) is 14.4. The highest BCUT2D eigenvalue weighted by Crippen LogP contribution is 2.28. The molecule has 1 N–H and O–H groups in total. The van der Waals surface area contributed by atoms with E-state index in [9.17, 15) is 13.2 Å². The molecule has 4 heterocycles. The van der Waals surface area contributed by atoms with Crippen LogP contribution in [0.1, 0.15) is 29.8 Å². The van der Waals surface area contributed by atoms with Gasteiger partial charge in [-0.3, -0.25) is 4.79 Å². The van der Waals surface area contributed by atoms with Crippen LogP contribution in [0.4, 0.5) is 0 Å². The van der Waals surface area contributed by atoms with Gasteiger partial charge < -0.3 is 5.32 Å². The molecule has 0 aliphatic carbocycles. The van der Waals surface area contributed by atoms with E-state index in [0.717, 1.165) is 17.0 Å². The number of nitrogens with one attached hydrogen (secondary N) is 1. The van der Waals surface area contributed by atoms with E-state index in [1.807, 2.05) is 32.0 Å². The molecule has 30 heavy (non-hydrogen) atoms. The molecule has 0 aromatic carbocycles. The number of amides is 1. The van der Waals surface area contributed by atoms with Crippen molar-refractivity contribution in [1.29, 1.82) is 0 Å². The molecule has 8 nitrogen and oxygen atoms in total. The number of carbonyl (C=O) groups excluding carboxylic acids is 1. The molecule has 1 aliphatic rings. The highest BCUT2D eigenvalue weighted by atomic mass is 32.2. The van der Waals surface area contributed by atoms with Gasteiger partial charge in [0.1, 0.15) is 10.3 Å². The van der Waals surface area contributed by atoms with E-state index in [1.165, 1.54) is 15.6 Å². The lowest BCUT2D eigenvalue weighted by atomic mass is 10.2. The lowest BCUT2D eigenvalue weighted by Crippen LogP contribution is -2.45. The van der Waals surface area contributed by atoms with Crippen LogP contribution in [0, 0.1) is 13.8 Å². The van der Waals surface area contributed by atoms with Crippen molar-refractivity contribution in [3.05, 3.63) is 58.9 Å². The Morgan fingerprint density at radius 3 is 2.77 bits per heavy atom. The van der Waals surface area contributed by atoms with Crippen LogP contribution in [0.15, 0.2) is 46.1 Å². The van der Waals surface area contributed by atoms with Crippen LogP contribution in [0.2, 0.25) is 0 Å². The van der Waals surface area contributed by atoms with E-state index in [4.69, 9.17) is 0 Å². The monoisotopic (exact) mass is 445 g/mol. The Balaban J connectivity index is 1.41. The first-order valence-electron chi connectivity index (χ1n) is 9.68. The summed E-state index contributed by atoms with van der Waals surface area (Å²) in [5, 5.41) is 8.99. The molecule has 0 spiro atoms. The molecule has 1 saturated heterocycles. The van der Waals surface area contributed by atoms with Gasteiger partial charge in [-0.05, 0) is 55.8 Å². The van der Waals surface area contributed by atoms with Gasteiger partial charge in [-0.2, -0.15) is 9.40 Å². The van der Waals surface area contributed by atoms with Gasteiger partial charge in [0.2, 0.25) is 5.91 Å². The van der Waals surface area contributed by atoms with Crippen LogP contribution in [-0.2, 0) is 21.4 Å². The Bertz CT molecular complexity index is 1140. The average Bonchev–Trinajstić information content (AvgIpc) is 3.47. The number of nitrogens with zero attached hydrogens (tertiary/aromatic N) is 4. The minimum Gasteiger partial charge on any atom is -0.351 e. The summed E-state index contributed by atoms with van der Waals surface area (Å²) in [5.74, 6) is 0.426. The smallest absolute Gasteiger partial charge is 0.253 e. The van der Waals surface area contributed by atoms with Crippen molar-refractivity contribution in [2.75, 3.05) is 6.54 Å². The number of aryl methyl sites for hydroxylation is 2. The molecule has 1 aliphatic heterocycles. The molecule has 1 amide bonds. The van der Waals surface area contributed by atoms with Gasteiger partial charge in [0.05, 0.1) is 5.69 Å². The summed E-state index contributed by atoms with van der Waals surface area (Å²) in [5.41, 5.74) is 2.75. The van der Waals surface area contributed by atoms with Crippen LogP contribution in [0.3, 0.4) is 0 Å². The first kappa shape index (κ1) is 20.7. The lowest BCUT2D eigenvalue weighted by molar-refractivity contribution is -0.124. The van der Waals surface area contributed by atoms with Gasteiger partial charge in [-0.15, -0.1) is 11.3 Å². The maximum atomic E-state index is 12.8. The molecule has 1 fully saturated rings. The van der Waals surface area contributed by atoms with E-state index in [2.05, 4.69) is 15.4 Å². The SMILES string of the molecule is Cc1cc(C)n(-c2ccc(CNC(=O)C3CCCN3S(=O)(=O)c3cccs3)cn2)n1. The Kier molecular flexibility index (Phi) is 5.72. The van der Waals surface area contributed by atoms with Crippen molar-refractivity contribution in [2.45, 2.75) is 43.5 Å². The molecular formula is C20H23N5O3S2. The Labute approximate surface area is 179 Å². The number of aromatic nitrogens is 3. The highest BCUT2D eigenvalue weighted by molar-refractivity contribution is 7.91. The summed E-state index contributed by atoms with van der Waals surface area (Å²) in [7, 11) is -3.64. The summed E-state index contributed by atoms with van der Waals surface area (Å²) < 4.78 is 29.0. The fraction of sp³-hybridized carbons (Fsp3) is 0.350. The van der Waals surface area contributed by atoms with Gasteiger partial charge in [-0.25, -0.2) is 18.1 Å². The third-order valence-electron chi connectivity index (χ3n) is 5.07. The van der Waals surface area contributed by atoms with Crippen molar-refractivity contribution >= 4 is 27.3 Å². The third kappa shape index (κ3) is 4.03. The van der Waals surface area contributed by atoms with Crippen LogP contribution < -0.4 is 5.32 Å². The fourth-order valence-electron chi connectivity index (χ4n) is 3.63. The maximum absolute atomic E-state index is 12.8. The van der Waals surface area contributed by atoms with Crippen molar-refractivity contribution in [3.8, 4) is 5.82 Å². The summed E-state index contributed by atoms with van der Waals surface area (Å²) in [6.45, 7) is 4.54. The Morgan fingerprint density at radius 2 is 2.13 bits per heavy atom. The minimum atomic E-state index is -3.64. The second kappa shape index (κ2) is 8.29. The molecule has 3 aromatic heterocycles. The van der Waals surface area contributed by atoms with Gasteiger partial charge in [0.15, 0.2) is 5.82 Å². The number of pyridine rings is 1. The molecule has 0 bridgehead atoms. The van der Waals surface area contributed by atoms with E-state index in [-0.39, 0.29) is 16.7 Å². The van der Waals surface area contributed by atoms with Crippen LogP contribution in [0.5, 0.6) is 0 Å². The predicted octanol–water partition coefficient (Wildman–Crippen LogP) is 2.42. The summed E-state index contributed by atoms with van der Waals surface area (Å²) in [4.78, 5) is 17.2. The highest BCUT2D eigenvalue weighted by Gasteiger charge is 2.39. The van der Waals surface area contributed by atoms with Crippen molar-refractivity contribution in [1.82, 2.24) is 24.4 Å².